The van der Waals surface area contributed by atoms with Gasteiger partial charge in [0.2, 0.25) is 5.91 Å². The molecule has 1 heterocycles. The number of piperidine rings is 1. The molecule has 1 aliphatic rings. The molecule has 0 aromatic heterocycles. The summed E-state index contributed by atoms with van der Waals surface area (Å²) in [5, 5.41) is 3.48. The molecule has 0 spiro atoms. The van der Waals surface area contributed by atoms with Crippen molar-refractivity contribution >= 4 is 5.91 Å². The van der Waals surface area contributed by atoms with Crippen LogP contribution in [0.2, 0.25) is 0 Å². The van der Waals surface area contributed by atoms with E-state index in [0.29, 0.717) is 18.4 Å². The molecule has 0 bridgehead atoms. The molecule has 0 aromatic carbocycles. The highest BCUT2D eigenvalue weighted by Gasteiger charge is 2.15. The van der Waals surface area contributed by atoms with E-state index < -0.39 is 0 Å². The topological polar surface area (TPSA) is 32.3 Å². The molecule has 3 heteroatoms. The van der Waals surface area contributed by atoms with E-state index in [-0.39, 0.29) is 0 Å². The van der Waals surface area contributed by atoms with Crippen LogP contribution in [0, 0.1) is 0 Å². The Labute approximate surface area is 93.2 Å². The normalized spacial score (nSPS) is 21.3. The number of carbonyl (C=O) groups excluding carboxylic acids is 1. The van der Waals surface area contributed by atoms with Crippen LogP contribution in [0.5, 0.6) is 0 Å². The smallest absolute Gasteiger partial charge is 0.222 e. The third-order valence-electron chi connectivity index (χ3n) is 3.24. The Balaban J connectivity index is 2.20. The second-order valence-electron chi connectivity index (χ2n) is 4.25. The van der Waals surface area contributed by atoms with Gasteiger partial charge in [-0.3, -0.25) is 4.79 Å². The van der Waals surface area contributed by atoms with Gasteiger partial charge in [0.25, 0.3) is 0 Å². The van der Waals surface area contributed by atoms with Crippen LogP contribution < -0.4 is 5.32 Å². The average Bonchev–Trinajstić information content (AvgIpc) is 2.29. The van der Waals surface area contributed by atoms with Crippen LogP contribution in [0.25, 0.3) is 0 Å². The zero-order chi connectivity index (χ0) is 11.1. The van der Waals surface area contributed by atoms with Crippen LogP contribution in [-0.2, 0) is 4.79 Å². The van der Waals surface area contributed by atoms with Crippen molar-refractivity contribution in [3.05, 3.63) is 0 Å². The zero-order valence-electron chi connectivity index (χ0n) is 10.1. The molecule has 0 saturated carbocycles. The van der Waals surface area contributed by atoms with E-state index in [9.17, 15) is 4.79 Å². The second kappa shape index (κ2) is 6.83. The van der Waals surface area contributed by atoms with Crippen molar-refractivity contribution in [1.29, 1.82) is 0 Å². The van der Waals surface area contributed by atoms with E-state index in [2.05, 4.69) is 5.32 Å². The summed E-state index contributed by atoms with van der Waals surface area (Å²) in [5.41, 5.74) is 0. The highest BCUT2D eigenvalue weighted by atomic mass is 16.2. The van der Waals surface area contributed by atoms with Crippen molar-refractivity contribution in [2.75, 3.05) is 19.6 Å². The quantitative estimate of drug-likeness (QED) is 0.753. The van der Waals surface area contributed by atoms with Crippen LogP contribution in [0.1, 0.15) is 46.0 Å². The van der Waals surface area contributed by atoms with Gasteiger partial charge in [0.1, 0.15) is 0 Å². The van der Waals surface area contributed by atoms with Gasteiger partial charge >= 0.3 is 0 Å². The Bertz CT molecular complexity index is 184. The van der Waals surface area contributed by atoms with Crippen molar-refractivity contribution in [2.45, 2.75) is 52.0 Å². The number of amides is 1. The van der Waals surface area contributed by atoms with E-state index in [4.69, 9.17) is 0 Å². The number of nitrogens with zero attached hydrogens (tertiary/aromatic N) is 1. The molecule has 1 amide bonds. The minimum Gasteiger partial charge on any atom is -0.343 e. The third-order valence-corrected chi connectivity index (χ3v) is 3.24. The van der Waals surface area contributed by atoms with E-state index >= 15 is 0 Å². The molecule has 0 radical (unpaired) electrons. The fourth-order valence-corrected chi connectivity index (χ4v) is 2.20. The molecule has 1 N–H and O–H groups in total. The van der Waals surface area contributed by atoms with Crippen LogP contribution in [0.4, 0.5) is 0 Å². The summed E-state index contributed by atoms with van der Waals surface area (Å²) in [5.74, 6) is 0.312. The molecule has 1 fully saturated rings. The molecule has 88 valence electrons. The SMILES string of the molecule is CCN(CC)C(=O)CC[C@H]1CCCCN1. The molecule has 1 atom stereocenters. The summed E-state index contributed by atoms with van der Waals surface area (Å²) in [4.78, 5) is 13.7. The average molecular weight is 212 g/mol. The molecule has 0 aliphatic carbocycles. The van der Waals surface area contributed by atoms with Crippen molar-refractivity contribution in [2.24, 2.45) is 0 Å². The van der Waals surface area contributed by atoms with Crippen molar-refractivity contribution in [1.82, 2.24) is 10.2 Å². The first-order valence-electron chi connectivity index (χ1n) is 6.29. The molecule has 0 aromatic rings. The summed E-state index contributed by atoms with van der Waals surface area (Å²) in [6.45, 7) is 6.89. The Morgan fingerprint density at radius 3 is 2.60 bits per heavy atom. The lowest BCUT2D eigenvalue weighted by Crippen LogP contribution is -2.36. The van der Waals surface area contributed by atoms with E-state index in [1.54, 1.807) is 0 Å². The van der Waals surface area contributed by atoms with Gasteiger partial charge in [-0.1, -0.05) is 6.42 Å². The molecule has 0 unspecified atom stereocenters. The number of hydrogen-bond acceptors (Lipinski definition) is 2. The predicted molar refractivity (Wildman–Crippen MR) is 62.8 cm³/mol. The molecular weight excluding hydrogens is 188 g/mol. The van der Waals surface area contributed by atoms with Gasteiger partial charge < -0.3 is 10.2 Å². The lowest BCUT2D eigenvalue weighted by Gasteiger charge is -2.24. The third kappa shape index (κ3) is 4.20. The molecule has 1 saturated heterocycles. The fraction of sp³-hybridized carbons (Fsp3) is 0.917. The van der Waals surface area contributed by atoms with Crippen LogP contribution >= 0.6 is 0 Å². The van der Waals surface area contributed by atoms with Crippen molar-refractivity contribution in [3.63, 3.8) is 0 Å². The van der Waals surface area contributed by atoms with Gasteiger partial charge in [0.15, 0.2) is 0 Å². The van der Waals surface area contributed by atoms with Gasteiger partial charge in [0, 0.05) is 25.6 Å². The van der Waals surface area contributed by atoms with E-state index in [0.717, 1.165) is 26.1 Å². The number of carbonyl (C=O) groups is 1. The van der Waals surface area contributed by atoms with E-state index in [1.807, 2.05) is 18.7 Å². The number of hydrogen-bond donors (Lipinski definition) is 1. The first-order chi connectivity index (χ1) is 7.27. The Hall–Kier alpha value is -0.570. The monoisotopic (exact) mass is 212 g/mol. The van der Waals surface area contributed by atoms with Crippen LogP contribution in [0.15, 0.2) is 0 Å². The molecule has 1 rings (SSSR count). The molecule has 3 nitrogen and oxygen atoms in total. The Morgan fingerprint density at radius 2 is 2.07 bits per heavy atom. The van der Waals surface area contributed by atoms with Crippen molar-refractivity contribution in [3.8, 4) is 0 Å². The first-order valence-corrected chi connectivity index (χ1v) is 6.29. The first kappa shape index (κ1) is 12.5. The van der Waals surface area contributed by atoms with Crippen LogP contribution in [-0.4, -0.2) is 36.5 Å². The zero-order valence-corrected chi connectivity index (χ0v) is 10.1. The Kier molecular flexibility index (Phi) is 5.69. The summed E-state index contributed by atoms with van der Waals surface area (Å²) in [6, 6.07) is 0.582. The largest absolute Gasteiger partial charge is 0.343 e. The summed E-state index contributed by atoms with van der Waals surface area (Å²) >= 11 is 0. The highest BCUT2D eigenvalue weighted by Crippen LogP contribution is 2.12. The number of rotatable bonds is 5. The van der Waals surface area contributed by atoms with Gasteiger partial charge in [0.05, 0.1) is 0 Å². The minimum atomic E-state index is 0.312. The predicted octanol–water partition coefficient (Wildman–Crippen LogP) is 1.78. The van der Waals surface area contributed by atoms with Crippen molar-refractivity contribution < 1.29 is 4.79 Å². The molecule has 15 heavy (non-hydrogen) atoms. The number of nitrogens with one attached hydrogen (secondary N) is 1. The van der Waals surface area contributed by atoms with Crippen LogP contribution in [0.3, 0.4) is 0 Å². The Morgan fingerprint density at radius 1 is 1.33 bits per heavy atom. The lowest BCUT2D eigenvalue weighted by molar-refractivity contribution is -0.131. The van der Waals surface area contributed by atoms with Gasteiger partial charge in [-0.05, 0) is 39.7 Å². The van der Waals surface area contributed by atoms with Gasteiger partial charge in [-0.15, -0.1) is 0 Å². The second-order valence-corrected chi connectivity index (χ2v) is 4.25. The minimum absolute atomic E-state index is 0.312. The maximum atomic E-state index is 11.7. The maximum Gasteiger partial charge on any atom is 0.222 e. The van der Waals surface area contributed by atoms with Gasteiger partial charge in [-0.2, -0.15) is 0 Å². The molecule has 1 aliphatic heterocycles. The van der Waals surface area contributed by atoms with Gasteiger partial charge in [-0.25, -0.2) is 0 Å². The standard InChI is InChI=1S/C12H24N2O/c1-3-14(4-2)12(15)9-8-11-7-5-6-10-13-11/h11,13H,3-10H2,1-2H3/t11-/m1/s1. The fourth-order valence-electron chi connectivity index (χ4n) is 2.20. The van der Waals surface area contributed by atoms with E-state index in [1.165, 1.54) is 19.3 Å². The summed E-state index contributed by atoms with van der Waals surface area (Å²) in [6.07, 6.45) is 5.57. The maximum absolute atomic E-state index is 11.7. The summed E-state index contributed by atoms with van der Waals surface area (Å²) < 4.78 is 0. The lowest BCUT2D eigenvalue weighted by atomic mass is 10.0. The molecular formula is C12H24N2O. The highest BCUT2D eigenvalue weighted by molar-refractivity contribution is 5.76. The summed E-state index contributed by atoms with van der Waals surface area (Å²) in [7, 11) is 0.